The lowest BCUT2D eigenvalue weighted by atomic mass is 9.90. The number of para-hydroxylation sites is 1. The molecule has 160 valence electrons. The van der Waals surface area contributed by atoms with Crippen LogP contribution in [-0.2, 0) is 12.8 Å². The van der Waals surface area contributed by atoms with Crippen LogP contribution >= 0.6 is 0 Å². The highest BCUT2D eigenvalue weighted by atomic mass is 16.3. The van der Waals surface area contributed by atoms with E-state index in [0.29, 0.717) is 23.9 Å². The Labute approximate surface area is 180 Å². The van der Waals surface area contributed by atoms with E-state index in [9.17, 15) is 9.59 Å². The van der Waals surface area contributed by atoms with Gasteiger partial charge in [-0.2, -0.15) is 5.10 Å². The fourth-order valence-corrected chi connectivity index (χ4v) is 5.53. The highest BCUT2D eigenvalue weighted by Gasteiger charge is 2.55. The molecule has 1 unspecified atom stereocenters. The van der Waals surface area contributed by atoms with Crippen molar-refractivity contribution >= 4 is 22.8 Å². The molecular formula is C24H26N4O3. The third kappa shape index (κ3) is 3.14. The monoisotopic (exact) mass is 418 g/mol. The van der Waals surface area contributed by atoms with E-state index in [1.807, 2.05) is 29.2 Å². The van der Waals surface area contributed by atoms with E-state index >= 15 is 0 Å². The summed E-state index contributed by atoms with van der Waals surface area (Å²) >= 11 is 0. The molecule has 31 heavy (non-hydrogen) atoms. The second-order valence-electron chi connectivity index (χ2n) is 9.30. The topological polar surface area (TPSA) is 91.2 Å². The van der Waals surface area contributed by atoms with Gasteiger partial charge in [-0.1, -0.05) is 18.2 Å². The highest BCUT2D eigenvalue weighted by Crippen LogP contribution is 2.59. The lowest BCUT2D eigenvalue weighted by molar-refractivity contribution is 0.0661. The van der Waals surface area contributed by atoms with Crippen LogP contribution in [0.2, 0.25) is 0 Å². The molecule has 0 radical (unpaired) electrons. The molecule has 3 heterocycles. The van der Waals surface area contributed by atoms with Crippen LogP contribution in [0.25, 0.3) is 11.0 Å². The zero-order chi connectivity index (χ0) is 21.0. The van der Waals surface area contributed by atoms with Crippen LogP contribution in [0.1, 0.15) is 58.0 Å². The first-order valence-corrected chi connectivity index (χ1v) is 11.3. The molecule has 2 fully saturated rings. The van der Waals surface area contributed by atoms with E-state index < -0.39 is 0 Å². The number of aryl methyl sites for hydroxylation is 1. The van der Waals surface area contributed by atoms with Crippen LogP contribution in [0, 0.1) is 11.3 Å². The number of fused-ring (bicyclic) bond motifs is 2. The van der Waals surface area contributed by atoms with Crippen LogP contribution in [0.4, 0.5) is 0 Å². The number of nitrogens with one attached hydrogen (secondary N) is 2. The van der Waals surface area contributed by atoms with Gasteiger partial charge in [0.2, 0.25) is 0 Å². The number of amides is 2. The SMILES string of the molecule is O=C(NCC1CC12CCN(C(=O)c1n[nH]c3c1CCC3)CC2)c1cc2ccccc2o1. The molecule has 1 saturated carbocycles. The summed E-state index contributed by atoms with van der Waals surface area (Å²) in [6.07, 6.45) is 6.17. The zero-order valence-corrected chi connectivity index (χ0v) is 17.4. The molecule has 2 amide bonds. The Kier molecular flexibility index (Phi) is 4.20. The molecule has 2 aromatic heterocycles. The number of furan rings is 1. The van der Waals surface area contributed by atoms with Crippen molar-refractivity contribution in [1.82, 2.24) is 20.4 Å². The molecule has 3 aliphatic rings. The molecule has 7 nitrogen and oxygen atoms in total. The number of H-pyrrole nitrogens is 1. The minimum Gasteiger partial charge on any atom is -0.451 e. The maximum absolute atomic E-state index is 13.0. The second-order valence-corrected chi connectivity index (χ2v) is 9.30. The third-order valence-corrected chi connectivity index (χ3v) is 7.57. The number of hydrogen-bond donors (Lipinski definition) is 2. The predicted molar refractivity (Wildman–Crippen MR) is 115 cm³/mol. The second kappa shape index (κ2) is 6.97. The lowest BCUT2D eigenvalue weighted by Gasteiger charge is -2.32. The van der Waals surface area contributed by atoms with Crippen LogP contribution in [0.3, 0.4) is 0 Å². The maximum atomic E-state index is 13.0. The molecule has 6 rings (SSSR count). The van der Waals surface area contributed by atoms with Crippen LogP contribution < -0.4 is 5.32 Å². The fraction of sp³-hybridized carbons (Fsp3) is 0.458. The average molecular weight is 418 g/mol. The molecule has 1 aromatic carbocycles. The number of piperidine rings is 1. The Balaban J connectivity index is 1.03. The molecule has 1 atom stereocenters. The molecular weight excluding hydrogens is 392 g/mol. The zero-order valence-electron chi connectivity index (χ0n) is 17.4. The summed E-state index contributed by atoms with van der Waals surface area (Å²) in [6, 6.07) is 9.44. The van der Waals surface area contributed by atoms with Crippen LogP contribution in [-0.4, -0.2) is 46.5 Å². The van der Waals surface area contributed by atoms with E-state index in [4.69, 9.17) is 4.42 Å². The summed E-state index contributed by atoms with van der Waals surface area (Å²) in [5.41, 5.74) is 3.90. The normalized spacial score (nSPS) is 21.4. The molecule has 7 heteroatoms. The summed E-state index contributed by atoms with van der Waals surface area (Å²) in [4.78, 5) is 27.4. The van der Waals surface area contributed by atoms with Crippen molar-refractivity contribution in [2.24, 2.45) is 11.3 Å². The van der Waals surface area contributed by atoms with Gasteiger partial charge in [-0.15, -0.1) is 0 Å². The van der Waals surface area contributed by atoms with Crippen molar-refractivity contribution < 1.29 is 14.0 Å². The van der Waals surface area contributed by atoms with Gasteiger partial charge in [0, 0.05) is 36.3 Å². The Morgan fingerprint density at radius 2 is 2.06 bits per heavy atom. The number of aromatic amines is 1. The first-order valence-electron chi connectivity index (χ1n) is 11.3. The standard InChI is InChI=1S/C24H26N4O3/c29-22(20-12-15-4-1-2-7-19(15)31-20)25-14-16-13-24(16)8-10-28(11-9-24)23(30)21-17-5-3-6-18(17)26-27-21/h1-2,4,7,12,16H,3,5-6,8-11,13-14H2,(H,25,29)(H,26,27). The summed E-state index contributed by atoms with van der Waals surface area (Å²) < 4.78 is 5.66. The Morgan fingerprint density at radius 1 is 1.23 bits per heavy atom. The molecule has 2 N–H and O–H groups in total. The Morgan fingerprint density at radius 3 is 2.90 bits per heavy atom. The van der Waals surface area contributed by atoms with Gasteiger partial charge in [0.05, 0.1) is 0 Å². The molecule has 2 aliphatic carbocycles. The van der Waals surface area contributed by atoms with E-state index in [2.05, 4.69) is 15.5 Å². The number of benzene rings is 1. The number of nitrogens with zero attached hydrogens (tertiary/aromatic N) is 2. The van der Waals surface area contributed by atoms with Crippen molar-refractivity contribution in [3.63, 3.8) is 0 Å². The van der Waals surface area contributed by atoms with Crippen LogP contribution in [0.15, 0.2) is 34.7 Å². The Hall–Kier alpha value is -3.09. The molecule has 1 aliphatic heterocycles. The van der Waals surface area contributed by atoms with Crippen molar-refractivity contribution in [3.8, 4) is 0 Å². The van der Waals surface area contributed by atoms with Crippen molar-refractivity contribution in [2.75, 3.05) is 19.6 Å². The van der Waals surface area contributed by atoms with E-state index in [1.54, 1.807) is 6.07 Å². The van der Waals surface area contributed by atoms with Crippen molar-refractivity contribution in [3.05, 3.63) is 53.0 Å². The minimum atomic E-state index is -0.154. The van der Waals surface area contributed by atoms with Gasteiger partial charge >= 0.3 is 0 Å². The largest absolute Gasteiger partial charge is 0.451 e. The van der Waals surface area contributed by atoms with Gasteiger partial charge in [-0.05, 0) is 62.0 Å². The summed E-state index contributed by atoms with van der Waals surface area (Å²) in [6.45, 7) is 2.21. The number of likely N-dealkylation sites (tertiary alicyclic amines) is 1. The van der Waals surface area contributed by atoms with Crippen LogP contribution in [0.5, 0.6) is 0 Å². The number of aromatic nitrogens is 2. The smallest absolute Gasteiger partial charge is 0.287 e. The molecule has 3 aromatic rings. The third-order valence-electron chi connectivity index (χ3n) is 7.57. The van der Waals surface area contributed by atoms with Crippen molar-refractivity contribution in [1.29, 1.82) is 0 Å². The van der Waals surface area contributed by atoms with Gasteiger partial charge in [0.1, 0.15) is 5.58 Å². The summed E-state index contributed by atoms with van der Waals surface area (Å²) in [5.74, 6) is 0.762. The number of rotatable bonds is 4. The lowest BCUT2D eigenvalue weighted by Crippen LogP contribution is -2.40. The van der Waals surface area contributed by atoms with Gasteiger partial charge in [0.15, 0.2) is 11.5 Å². The molecule has 0 bridgehead atoms. The first-order chi connectivity index (χ1) is 15.1. The summed E-state index contributed by atoms with van der Waals surface area (Å²) in [5, 5.41) is 11.3. The number of carbonyl (C=O) groups is 2. The maximum Gasteiger partial charge on any atom is 0.287 e. The predicted octanol–water partition coefficient (Wildman–Crippen LogP) is 3.32. The highest BCUT2D eigenvalue weighted by molar-refractivity contribution is 5.96. The fourth-order valence-electron chi connectivity index (χ4n) is 5.53. The number of carbonyl (C=O) groups excluding carboxylic acids is 2. The average Bonchev–Trinajstić information content (AvgIpc) is 3.22. The van der Waals surface area contributed by atoms with E-state index in [1.165, 1.54) is 0 Å². The van der Waals surface area contributed by atoms with Gasteiger partial charge in [-0.25, -0.2) is 0 Å². The minimum absolute atomic E-state index is 0.0737. The van der Waals surface area contributed by atoms with E-state index in [0.717, 1.165) is 73.8 Å². The Bertz CT molecular complexity index is 1140. The van der Waals surface area contributed by atoms with Gasteiger partial charge in [0.25, 0.3) is 11.8 Å². The molecule has 1 spiro atoms. The van der Waals surface area contributed by atoms with Gasteiger partial charge in [-0.3, -0.25) is 14.7 Å². The quantitative estimate of drug-likeness (QED) is 0.680. The van der Waals surface area contributed by atoms with E-state index in [-0.39, 0.29) is 17.2 Å². The molecule has 1 saturated heterocycles. The number of hydrogen-bond acceptors (Lipinski definition) is 4. The van der Waals surface area contributed by atoms with Crippen molar-refractivity contribution in [2.45, 2.75) is 38.5 Å². The van der Waals surface area contributed by atoms with Gasteiger partial charge < -0.3 is 14.6 Å². The first kappa shape index (κ1) is 18.7. The summed E-state index contributed by atoms with van der Waals surface area (Å²) in [7, 11) is 0.